The van der Waals surface area contributed by atoms with Gasteiger partial charge in [-0.15, -0.1) is 0 Å². The molecular formula is C19H17N. The molecule has 2 aliphatic heterocycles. The van der Waals surface area contributed by atoms with E-state index in [1.165, 1.54) is 69.9 Å². The fourth-order valence-corrected chi connectivity index (χ4v) is 4.23. The second-order valence-corrected chi connectivity index (χ2v) is 6.14. The van der Waals surface area contributed by atoms with E-state index in [1.54, 1.807) is 0 Å². The van der Waals surface area contributed by atoms with E-state index in [0.29, 0.717) is 0 Å². The van der Waals surface area contributed by atoms with Crippen molar-refractivity contribution >= 4 is 27.2 Å². The zero-order valence-electron chi connectivity index (χ0n) is 11.7. The summed E-state index contributed by atoms with van der Waals surface area (Å²) in [6.07, 6.45) is 2.38. The van der Waals surface area contributed by atoms with Crippen LogP contribution in [0, 0.1) is 6.92 Å². The molecule has 0 bridgehead atoms. The smallest absolute Gasteiger partial charge is 0.0531 e. The minimum absolute atomic E-state index is 1.18. The molecule has 1 heteroatoms. The molecule has 0 unspecified atom stereocenters. The maximum absolute atomic E-state index is 2.62. The lowest BCUT2D eigenvalue weighted by molar-refractivity contribution is 0.755. The van der Waals surface area contributed by atoms with Gasteiger partial charge < -0.3 is 4.90 Å². The molecule has 0 saturated heterocycles. The van der Waals surface area contributed by atoms with Gasteiger partial charge in [-0.2, -0.15) is 0 Å². The molecule has 98 valence electrons. The maximum atomic E-state index is 2.62. The Kier molecular flexibility index (Phi) is 1.90. The number of hydrogen-bond donors (Lipinski definition) is 0. The Hall–Kier alpha value is -2.02. The van der Waals surface area contributed by atoms with E-state index < -0.39 is 0 Å². The van der Waals surface area contributed by atoms with Crippen molar-refractivity contribution in [2.24, 2.45) is 0 Å². The fourth-order valence-electron chi connectivity index (χ4n) is 4.23. The molecule has 0 radical (unpaired) electrons. The molecule has 0 atom stereocenters. The van der Waals surface area contributed by atoms with Crippen LogP contribution < -0.4 is 4.90 Å². The molecule has 2 aliphatic rings. The van der Waals surface area contributed by atoms with Gasteiger partial charge in [0.2, 0.25) is 0 Å². The van der Waals surface area contributed by atoms with Crippen LogP contribution in [0.4, 0.5) is 5.69 Å². The van der Waals surface area contributed by atoms with Gasteiger partial charge in [-0.3, -0.25) is 0 Å². The van der Waals surface area contributed by atoms with Gasteiger partial charge in [0, 0.05) is 23.9 Å². The Morgan fingerprint density at radius 1 is 0.800 bits per heavy atom. The second kappa shape index (κ2) is 3.54. The Balaban J connectivity index is 2.15. The average Bonchev–Trinajstić information content (AvgIpc) is 2.51. The van der Waals surface area contributed by atoms with Crippen LogP contribution in [0.5, 0.6) is 0 Å². The third kappa shape index (κ3) is 1.14. The van der Waals surface area contributed by atoms with Gasteiger partial charge in [0.25, 0.3) is 0 Å². The van der Waals surface area contributed by atoms with Crippen LogP contribution in [0.15, 0.2) is 36.4 Å². The molecule has 0 amide bonds. The van der Waals surface area contributed by atoms with E-state index in [4.69, 9.17) is 0 Å². The van der Waals surface area contributed by atoms with E-state index in [9.17, 15) is 0 Å². The first-order valence-corrected chi connectivity index (χ1v) is 7.55. The SMILES string of the molecule is Cc1c2cccc3c2c2c4c(cccc14)CCN2CC3. The molecule has 0 fully saturated rings. The van der Waals surface area contributed by atoms with Crippen molar-refractivity contribution in [1.29, 1.82) is 0 Å². The van der Waals surface area contributed by atoms with Crippen molar-refractivity contribution in [3.05, 3.63) is 53.1 Å². The van der Waals surface area contributed by atoms with Crippen LogP contribution in [-0.2, 0) is 12.8 Å². The highest BCUT2D eigenvalue weighted by molar-refractivity contribution is 6.17. The number of anilines is 1. The van der Waals surface area contributed by atoms with Crippen molar-refractivity contribution in [2.75, 3.05) is 18.0 Å². The summed E-state index contributed by atoms with van der Waals surface area (Å²) in [4.78, 5) is 2.62. The monoisotopic (exact) mass is 259 g/mol. The number of benzene rings is 3. The molecule has 0 N–H and O–H groups in total. The molecule has 0 spiro atoms. The third-order valence-corrected chi connectivity index (χ3v) is 5.20. The van der Waals surface area contributed by atoms with Gasteiger partial charge in [-0.05, 0) is 47.2 Å². The molecule has 1 nitrogen and oxygen atoms in total. The van der Waals surface area contributed by atoms with E-state index in [1.807, 2.05) is 0 Å². The zero-order valence-corrected chi connectivity index (χ0v) is 11.7. The van der Waals surface area contributed by atoms with Gasteiger partial charge in [-0.25, -0.2) is 0 Å². The first-order chi connectivity index (χ1) is 9.84. The summed E-state index contributed by atoms with van der Waals surface area (Å²) in [5.74, 6) is 0. The summed E-state index contributed by atoms with van der Waals surface area (Å²) in [6, 6.07) is 13.7. The predicted octanol–water partition coefficient (Wildman–Crippen LogP) is 4.22. The highest BCUT2D eigenvalue weighted by Crippen LogP contribution is 2.45. The van der Waals surface area contributed by atoms with Crippen LogP contribution in [0.3, 0.4) is 0 Å². The summed E-state index contributed by atoms with van der Waals surface area (Å²) in [5.41, 5.74) is 6.04. The molecule has 0 saturated carbocycles. The number of hydrogen-bond acceptors (Lipinski definition) is 1. The highest BCUT2D eigenvalue weighted by Gasteiger charge is 2.26. The van der Waals surface area contributed by atoms with Gasteiger partial charge in [0.15, 0.2) is 0 Å². The lowest BCUT2D eigenvalue weighted by Gasteiger charge is -2.37. The molecule has 2 heterocycles. The third-order valence-electron chi connectivity index (χ3n) is 5.20. The van der Waals surface area contributed by atoms with Crippen molar-refractivity contribution in [1.82, 2.24) is 0 Å². The Bertz CT molecular complexity index is 807. The van der Waals surface area contributed by atoms with Crippen LogP contribution >= 0.6 is 0 Å². The van der Waals surface area contributed by atoms with Crippen molar-refractivity contribution in [2.45, 2.75) is 19.8 Å². The molecule has 20 heavy (non-hydrogen) atoms. The average molecular weight is 259 g/mol. The normalized spacial score (nSPS) is 16.4. The van der Waals surface area contributed by atoms with Crippen LogP contribution in [0.25, 0.3) is 21.5 Å². The van der Waals surface area contributed by atoms with Gasteiger partial charge in [-0.1, -0.05) is 36.4 Å². The van der Waals surface area contributed by atoms with Gasteiger partial charge >= 0.3 is 0 Å². The largest absolute Gasteiger partial charge is 0.370 e. The minimum atomic E-state index is 1.18. The number of nitrogens with zero attached hydrogens (tertiary/aromatic N) is 1. The second-order valence-electron chi connectivity index (χ2n) is 6.14. The maximum Gasteiger partial charge on any atom is 0.0531 e. The Morgan fingerprint density at radius 2 is 1.35 bits per heavy atom. The van der Waals surface area contributed by atoms with Crippen molar-refractivity contribution in [3.63, 3.8) is 0 Å². The summed E-state index contributed by atoms with van der Waals surface area (Å²) >= 11 is 0. The van der Waals surface area contributed by atoms with Crippen LogP contribution in [-0.4, -0.2) is 13.1 Å². The van der Waals surface area contributed by atoms with Crippen LogP contribution in [0.1, 0.15) is 16.7 Å². The number of aryl methyl sites for hydroxylation is 1. The topological polar surface area (TPSA) is 3.24 Å². The van der Waals surface area contributed by atoms with Gasteiger partial charge in [0.1, 0.15) is 0 Å². The Morgan fingerprint density at radius 3 is 1.90 bits per heavy atom. The summed E-state index contributed by atoms with van der Waals surface area (Å²) in [7, 11) is 0. The van der Waals surface area contributed by atoms with Crippen molar-refractivity contribution < 1.29 is 0 Å². The minimum Gasteiger partial charge on any atom is -0.370 e. The molecule has 0 aromatic heterocycles. The molecule has 3 aromatic carbocycles. The zero-order chi connectivity index (χ0) is 13.3. The molecule has 3 aromatic rings. The lowest BCUT2D eigenvalue weighted by atomic mass is 9.85. The number of rotatable bonds is 0. The summed E-state index contributed by atoms with van der Waals surface area (Å²) < 4.78 is 0. The standard InChI is InChI=1S/C19H17N/c1-12-15-6-2-4-13-8-10-20-11-9-14-5-3-7-16(12)18(14)19(20)17(13)15/h2-7H,8-11H2,1H3. The van der Waals surface area contributed by atoms with E-state index in [-0.39, 0.29) is 0 Å². The quantitative estimate of drug-likeness (QED) is 0.546. The molecule has 5 rings (SSSR count). The van der Waals surface area contributed by atoms with Gasteiger partial charge in [0.05, 0.1) is 5.69 Å². The van der Waals surface area contributed by atoms with E-state index in [0.717, 1.165) is 0 Å². The summed E-state index contributed by atoms with van der Waals surface area (Å²) in [5, 5.41) is 5.95. The Labute approximate surface area is 118 Å². The van der Waals surface area contributed by atoms with E-state index >= 15 is 0 Å². The van der Waals surface area contributed by atoms with Crippen LogP contribution in [0.2, 0.25) is 0 Å². The molecular weight excluding hydrogens is 242 g/mol. The predicted molar refractivity (Wildman–Crippen MR) is 85.8 cm³/mol. The van der Waals surface area contributed by atoms with E-state index in [2.05, 4.69) is 48.2 Å². The highest BCUT2D eigenvalue weighted by atomic mass is 15.1. The molecule has 0 aliphatic carbocycles. The first kappa shape index (κ1) is 10.7. The fraction of sp³-hybridized carbons (Fsp3) is 0.263. The van der Waals surface area contributed by atoms with Crippen molar-refractivity contribution in [3.8, 4) is 0 Å². The first-order valence-electron chi connectivity index (χ1n) is 7.55. The summed E-state index contributed by atoms with van der Waals surface area (Å²) in [6.45, 7) is 4.65. The lowest BCUT2D eigenvalue weighted by Crippen LogP contribution is -2.34.